The van der Waals surface area contributed by atoms with Gasteiger partial charge in [-0.15, -0.1) is 0 Å². The molecule has 2 heterocycles. The van der Waals surface area contributed by atoms with E-state index in [0.29, 0.717) is 12.1 Å². The van der Waals surface area contributed by atoms with Gasteiger partial charge >= 0.3 is 5.97 Å². The van der Waals surface area contributed by atoms with E-state index in [-0.39, 0.29) is 0 Å². The van der Waals surface area contributed by atoms with E-state index < -0.39 is 5.97 Å². The van der Waals surface area contributed by atoms with Crippen LogP contribution in [-0.4, -0.2) is 22.6 Å². The summed E-state index contributed by atoms with van der Waals surface area (Å²) in [5.41, 5.74) is 3.52. The Balaban J connectivity index is 1.86. The first-order valence-electron chi connectivity index (χ1n) is 6.35. The van der Waals surface area contributed by atoms with Crippen molar-refractivity contribution >= 4 is 27.6 Å². The molecule has 1 N–H and O–H groups in total. The summed E-state index contributed by atoms with van der Waals surface area (Å²) < 4.78 is 0.955. The van der Waals surface area contributed by atoms with Crippen molar-refractivity contribution in [3.8, 4) is 0 Å². The van der Waals surface area contributed by atoms with Crippen molar-refractivity contribution in [1.29, 1.82) is 0 Å². The van der Waals surface area contributed by atoms with Crippen LogP contribution in [0.1, 0.15) is 21.6 Å². The summed E-state index contributed by atoms with van der Waals surface area (Å²) in [7, 11) is 0. The van der Waals surface area contributed by atoms with Gasteiger partial charge in [0.2, 0.25) is 0 Å². The molecule has 102 valence electrons. The first-order chi connectivity index (χ1) is 9.63. The normalized spacial score (nSPS) is 13.3. The molecule has 0 aliphatic carbocycles. The molecule has 1 aromatic heterocycles. The van der Waals surface area contributed by atoms with Gasteiger partial charge in [-0.2, -0.15) is 0 Å². The van der Waals surface area contributed by atoms with E-state index in [2.05, 4.69) is 25.8 Å². The number of pyridine rings is 1. The molecule has 1 aliphatic heterocycles. The van der Waals surface area contributed by atoms with E-state index in [1.165, 1.54) is 5.56 Å². The SMILES string of the molecule is O=C(O)c1ccc2c(c1)N(Cc1ccc(Br)cn1)CC2. The van der Waals surface area contributed by atoms with Crippen LogP contribution >= 0.6 is 15.9 Å². The van der Waals surface area contributed by atoms with Gasteiger partial charge in [-0.1, -0.05) is 6.07 Å². The van der Waals surface area contributed by atoms with E-state index in [9.17, 15) is 4.79 Å². The largest absolute Gasteiger partial charge is 0.478 e. The fourth-order valence-corrected chi connectivity index (χ4v) is 2.67. The monoisotopic (exact) mass is 332 g/mol. The zero-order chi connectivity index (χ0) is 14.1. The maximum absolute atomic E-state index is 11.1. The predicted octanol–water partition coefficient (Wildman–Crippen LogP) is 3.11. The van der Waals surface area contributed by atoms with Gasteiger partial charge in [-0.3, -0.25) is 4.98 Å². The Hall–Kier alpha value is -1.88. The van der Waals surface area contributed by atoms with Crippen LogP contribution in [0, 0.1) is 0 Å². The lowest BCUT2D eigenvalue weighted by molar-refractivity contribution is 0.0697. The van der Waals surface area contributed by atoms with Gasteiger partial charge in [0, 0.05) is 22.9 Å². The van der Waals surface area contributed by atoms with Gasteiger partial charge in [0.05, 0.1) is 17.8 Å². The molecule has 0 fully saturated rings. The predicted molar refractivity (Wildman–Crippen MR) is 80.1 cm³/mol. The Bertz CT molecular complexity index is 655. The van der Waals surface area contributed by atoms with Crippen LogP contribution in [0.3, 0.4) is 0 Å². The minimum absolute atomic E-state index is 0.333. The topological polar surface area (TPSA) is 53.4 Å². The summed E-state index contributed by atoms with van der Waals surface area (Å²) in [5.74, 6) is -0.888. The molecule has 1 aromatic carbocycles. The molecule has 0 amide bonds. The van der Waals surface area contributed by atoms with Gasteiger partial charge in [0.1, 0.15) is 0 Å². The van der Waals surface area contributed by atoms with E-state index in [1.807, 2.05) is 18.2 Å². The highest BCUT2D eigenvalue weighted by atomic mass is 79.9. The van der Waals surface area contributed by atoms with Crippen LogP contribution in [0.5, 0.6) is 0 Å². The smallest absolute Gasteiger partial charge is 0.335 e. The number of fused-ring (bicyclic) bond motifs is 1. The average molecular weight is 333 g/mol. The molecule has 5 heteroatoms. The van der Waals surface area contributed by atoms with Gasteiger partial charge in [-0.25, -0.2) is 4.79 Å². The highest BCUT2D eigenvalue weighted by Crippen LogP contribution is 2.30. The number of nitrogens with zero attached hydrogens (tertiary/aromatic N) is 2. The standard InChI is InChI=1S/C15H13BrN2O2/c16-12-3-4-13(17-8-12)9-18-6-5-10-1-2-11(15(19)20)7-14(10)18/h1-4,7-8H,5-6,9H2,(H,19,20). The molecular weight excluding hydrogens is 320 g/mol. The molecule has 20 heavy (non-hydrogen) atoms. The Labute approximate surface area is 125 Å². The van der Waals surface area contributed by atoms with Crippen LogP contribution in [-0.2, 0) is 13.0 Å². The number of benzene rings is 1. The summed E-state index contributed by atoms with van der Waals surface area (Å²) in [6.07, 6.45) is 2.73. The number of aromatic nitrogens is 1. The maximum Gasteiger partial charge on any atom is 0.335 e. The van der Waals surface area contributed by atoms with Gasteiger partial charge in [0.15, 0.2) is 0 Å². The number of rotatable bonds is 3. The van der Waals surface area contributed by atoms with Crippen molar-refractivity contribution in [3.05, 3.63) is 57.8 Å². The summed E-state index contributed by atoms with van der Waals surface area (Å²) in [6, 6.07) is 9.27. The van der Waals surface area contributed by atoms with Crippen molar-refractivity contribution in [1.82, 2.24) is 4.98 Å². The van der Waals surface area contributed by atoms with E-state index >= 15 is 0 Å². The third-order valence-corrected chi connectivity index (χ3v) is 3.93. The highest BCUT2D eigenvalue weighted by molar-refractivity contribution is 9.10. The van der Waals surface area contributed by atoms with Crippen molar-refractivity contribution in [2.75, 3.05) is 11.4 Å². The Kier molecular flexibility index (Phi) is 3.44. The highest BCUT2D eigenvalue weighted by Gasteiger charge is 2.21. The number of halogens is 1. The van der Waals surface area contributed by atoms with Crippen LogP contribution in [0.25, 0.3) is 0 Å². The maximum atomic E-state index is 11.1. The Morgan fingerprint density at radius 2 is 2.20 bits per heavy atom. The lowest BCUT2D eigenvalue weighted by atomic mass is 10.1. The molecule has 0 radical (unpaired) electrons. The van der Waals surface area contributed by atoms with E-state index in [1.54, 1.807) is 18.3 Å². The van der Waals surface area contributed by atoms with Crippen molar-refractivity contribution < 1.29 is 9.90 Å². The van der Waals surface area contributed by atoms with Crippen LogP contribution in [0.2, 0.25) is 0 Å². The molecule has 0 saturated heterocycles. The van der Waals surface area contributed by atoms with E-state index in [0.717, 1.165) is 28.8 Å². The molecule has 0 spiro atoms. The molecule has 0 bridgehead atoms. The second kappa shape index (κ2) is 5.25. The van der Waals surface area contributed by atoms with Gasteiger partial charge in [-0.05, 0) is 52.2 Å². The van der Waals surface area contributed by atoms with Gasteiger partial charge in [0.25, 0.3) is 0 Å². The fourth-order valence-electron chi connectivity index (χ4n) is 2.44. The molecule has 3 rings (SSSR count). The number of hydrogen-bond donors (Lipinski definition) is 1. The third-order valence-electron chi connectivity index (χ3n) is 3.47. The summed E-state index contributed by atoms with van der Waals surface area (Å²) in [4.78, 5) is 17.6. The Morgan fingerprint density at radius 3 is 2.90 bits per heavy atom. The average Bonchev–Trinajstić information content (AvgIpc) is 2.84. The zero-order valence-corrected chi connectivity index (χ0v) is 12.3. The molecule has 0 saturated carbocycles. The number of anilines is 1. The lowest BCUT2D eigenvalue weighted by Gasteiger charge is -2.19. The van der Waals surface area contributed by atoms with Crippen LogP contribution in [0.4, 0.5) is 5.69 Å². The third kappa shape index (κ3) is 2.54. The lowest BCUT2D eigenvalue weighted by Crippen LogP contribution is -2.20. The minimum Gasteiger partial charge on any atom is -0.478 e. The fraction of sp³-hybridized carbons (Fsp3) is 0.200. The number of carbonyl (C=O) groups is 1. The number of hydrogen-bond acceptors (Lipinski definition) is 3. The van der Waals surface area contributed by atoms with E-state index in [4.69, 9.17) is 5.11 Å². The second-order valence-electron chi connectivity index (χ2n) is 4.79. The first-order valence-corrected chi connectivity index (χ1v) is 7.14. The summed E-state index contributed by atoms with van der Waals surface area (Å²) in [5, 5.41) is 9.09. The number of carboxylic acids is 1. The van der Waals surface area contributed by atoms with Crippen molar-refractivity contribution in [3.63, 3.8) is 0 Å². The molecule has 0 atom stereocenters. The van der Waals surface area contributed by atoms with Crippen molar-refractivity contribution in [2.24, 2.45) is 0 Å². The molecule has 4 nitrogen and oxygen atoms in total. The first kappa shape index (κ1) is 13.1. The quantitative estimate of drug-likeness (QED) is 0.938. The molecule has 2 aromatic rings. The molecule has 1 aliphatic rings. The number of aromatic carboxylic acids is 1. The minimum atomic E-state index is -0.888. The summed E-state index contributed by atoms with van der Waals surface area (Å²) >= 11 is 3.37. The molecular formula is C15H13BrN2O2. The van der Waals surface area contributed by atoms with Crippen LogP contribution < -0.4 is 4.90 Å². The summed E-state index contributed by atoms with van der Waals surface area (Å²) in [6.45, 7) is 1.60. The molecule has 0 unspecified atom stereocenters. The Morgan fingerprint density at radius 1 is 1.35 bits per heavy atom. The zero-order valence-electron chi connectivity index (χ0n) is 10.7. The van der Waals surface area contributed by atoms with Crippen LogP contribution in [0.15, 0.2) is 41.0 Å². The van der Waals surface area contributed by atoms with Crippen molar-refractivity contribution in [2.45, 2.75) is 13.0 Å². The van der Waals surface area contributed by atoms with Gasteiger partial charge < -0.3 is 10.0 Å². The second-order valence-corrected chi connectivity index (χ2v) is 5.70. The number of carboxylic acid groups (broad SMARTS) is 1.